The fourth-order valence-corrected chi connectivity index (χ4v) is 2.59. The molecule has 100 valence electrons. The first-order valence-corrected chi connectivity index (χ1v) is 6.29. The Hall–Kier alpha value is -1.81. The number of para-hydroxylation sites is 1. The number of benzene rings is 1. The smallest absolute Gasteiger partial charge is 0.303 e. The molecule has 1 aromatic heterocycles. The number of ketones is 1. The Morgan fingerprint density at radius 3 is 2.63 bits per heavy atom. The molecule has 2 aromatic rings. The van der Waals surface area contributed by atoms with Gasteiger partial charge in [0.25, 0.3) is 0 Å². The van der Waals surface area contributed by atoms with E-state index >= 15 is 0 Å². The van der Waals surface area contributed by atoms with Gasteiger partial charge in [0.2, 0.25) is 0 Å². The first-order valence-electron chi connectivity index (χ1n) is 5.92. The third-order valence-electron chi connectivity index (χ3n) is 3.30. The third kappa shape index (κ3) is 2.36. The number of rotatable bonds is 4. The van der Waals surface area contributed by atoms with Crippen molar-refractivity contribution in [3.8, 4) is 0 Å². The van der Waals surface area contributed by atoms with E-state index in [0.29, 0.717) is 10.6 Å². The number of aryl methyl sites for hydroxylation is 1. The molecule has 0 unspecified atom stereocenters. The summed E-state index contributed by atoms with van der Waals surface area (Å²) >= 11 is 6.15. The lowest BCUT2D eigenvalue weighted by Gasteiger charge is -2.00. The second-order valence-corrected chi connectivity index (χ2v) is 4.88. The van der Waals surface area contributed by atoms with Crippen molar-refractivity contribution in [2.75, 3.05) is 0 Å². The summed E-state index contributed by atoms with van der Waals surface area (Å²) < 4.78 is 1.87. The summed E-state index contributed by atoms with van der Waals surface area (Å²) in [5.74, 6) is -1.13. The van der Waals surface area contributed by atoms with E-state index in [1.165, 1.54) is 0 Å². The fraction of sp³-hybridized carbons (Fsp3) is 0.286. The van der Waals surface area contributed by atoms with Crippen LogP contribution in [0.1, 0.15) is 28.9 Å². The summed E-state index contributed by atoms with van der Waals surface area (Å²) in [5, 5.41) is 10.0. The van der Waals surface area contributed by atoms with E-state index in [0.717, 1.165) is 16.6 Å². The summed E-state index contributed by atoms with van der Waals surface area (Å²) in [6, 6.07) is 5.40. The van der Waals surface area contributed by atoms with Crippen LogP contribution in [0, 0.1) is 6.92 Å². The molecule has 2 rings (SSSR count). The van der Waals surface area contributed by atoms with Crippen molar-refractivity contribution in [1.29, 1.82) is 0 Å². The van der Waals surface area contributed by atoms with Gasteiger partial charge in [-0.1, -0.05) is 23.7 Å². The first-order chi connectivity index (χ1) is 8.93. The predicted octanol–water partition coefficient (Wildman–Crippen LogP) is 3.19. The summed E-state index contributed by atoms with van der Waals surface area (Å²) in [6.07, 6.45) is -0.156. The number of carbonyl (C=O) groups is 2. The molecule has 0 saturated carbocycles. The van der Waals surface area contributed by atoms with Crippen LogP contribution in [-0.4, -0.2) is 21.4 Å². The third-order valence-corrected chi connectivity index (χ3v) is 3.61. The quantitative estimate of drug-likeness (QED) is 0.875. The molecular weight excluding hydrogens is 266 g/mol. The highest BCUT2D eigenvalue weighted by Gasteiger charge is 2.20. The van der Waals surface area contributed by atoms with E-state index < -0.39 is 5.97 Å². The number of fused-ring (bicyclic) bond motifs is 1. The van der Waals surface area contributed by atoms with E-state index in [4.69, 9.17) is 16.7 Å². The Morgan fingerprint density at radius 1 is 1.32 bits per heavy atom. The summed E-state index contributed by atoms with van der Waals surface area (Å²) in [7, 11) is 1.84. The molecule has 0 atom stereocenters. The average molecular weight is 280 g/mol. The minimum atomic E-state index is -0.968. The molecule has 0 saturated heterocycles. The molecule has 0 amide bonds. The largest absolute Gasteiger partial charge is 0.481 e. The van der Waals surface area contributed by atoms with Crippen molar-refractivity contribution >= 4 is 34.3 Å². The SMILES string of the molecule is Cc1c(C(=O)CCC(=O)O)c2cccc(Cl)c2n1C. The van der Waals surface area contributed by atoms with E-state index in [1.807, 2.05) is 24.6 Å². The molecule has 1 aromatic carbocycles. The van der Waals surface area contributed by atoms with Crippen LogP contribution in [0.4, 0.5) is 0 Å². The number of aromatic nitrogens is 1. The van der Waals surface area contributed by atoms with Gasteiger partial charge >= 0.3 is 5.97 Å². The van der Waals surface area contributed by atoms with Crippen molar-refractivity contribution in [1.82, 2.24) is 4.57 Å². The van der Waals surface area contributed by atoms with Gasteiger partial charge in [0.15, 0.2) is 5.78 Å². The van der Waals surface area contributed by atoms with Crippen molar-refractivity contribution in [3.63, 3.8) is 0 Å². The molecule has 0 spiro atoms. The number of carboxylic acid groups (broad SMARTS) is 1. The van der Waals surface area contributed by atoms with Gasteiger partial charge in [0.05, 0.1) is 17.0 Å². The Bertz CT molecular complexity index is 673. The monoisotopic (exact) mass is 279 g/mol. The predicted molar refractivity (Wildman–Crippen MR) is 73.9 cm³/mol. The second-order valence-electron chi connectivity index (χ2n) is 4.47. The lowest BCUT2D eigenvalue weighted by Crippen LogP contribution is -2.05. The molecule has 1 N–H and O–H groups in total. The maximum atomic E-state index is 12.2. The van der Waals surface area contributed by atoms with Crippen molar-refractivity contribution in [2.24, 2.45) is 7.05 Å². The summed E-state index contributed by atoms with van der Waals surface area (Å²) in [6.45, 7) is 1.84. The summed E-state index contributed by atoms with van der Waals surface area (Å²) in [5.41, 5.74) is 2.18. The number of aliphatic carboxylic acids is 1. The Kier molecular flexibility index (Phi) is 3.62. The highest BCUT2D eigenvalue weighted by Crippen LogP contribution is 2.31. The molecule has 5 heteroatoms. The van der Waals surface area contributed by atoms with Crippen molar-refractivity contribution < 1.29 is 14.7 Å². The maximum Gasteiger partial charge on any atom is 0.303 e. The highest BCUT2D eigenvalue weighted by molar-refractivity contribution is 6.35. The van der Waals surface area contributed by atoms with Crippen molar-refractivity contribution in [3.05, 3.63) is 34.5 Å². The molecule has 0 radical (unpaired) electrons. The van der Waals surface area contributed by atoms with Crippen LogP contribution in [0.2, 0.25) is 5.02 Å². The van der Waals surface area contributed by atoms with E-state index in [-0.39, 0.29) is 18.6 Å². The van der Waals surface area contributed by atoms with Gasteiger partial charge in [-0.05, 0) is 13.0 Å². The maximum absolute atomic E-state index is 12.2. The van der Waals surface area contributed by atoms with E-state index in [1.54, 1.807) is 12.1 Å². The number of hydrogen-bond donors (Lipinski definition) is 1. The van der Waals surface area contributed by atoms with Crippen LogP contribution in [0.3, 0.4) is 0 Å². The van der Waals surface area contributed by atoms with Crippen LogP contribution in [-0.2, 0) is 11.8 Å². The molecule has 4 nitrogen and oxygen atoms in total. The number of carboxylic acids is 1. The van der Waals surface area contributed by atoms with Gasteiger partial charge in [0, 0.05) is 30.1 Å². The van der Waals surface area contributed by atoms with Gasteiger partial charge in [-0.25, -0.2) is 0 Å². The number of hydrogen-bond acceptors (Lipinski definition) is 2. The zero-order valence-corrected chi connectivity index (χ0v) is 11.5. The van der Waals surface area contributed by atoms with Crippen molar-refractivity contribution in [2.45, 2.75) is 19.8 Å². The van der Waals surface area contributed by atoms with Gasteiger partial charge < -0.3 is 9.67 Å². The molecule has 0 aliphatic heterocycles. The van der Waals surface area contributed by atoms with Crippen LogP contribution in [0.5, 0.6) is 0 Å². The van der Waals surface area contributed by atoms with Crippen LogP contribution < -0.4 is 0 Å². The second kappa shape index (κ2) is 5.05. The standard InChI is InChI=1S/C14H14ClNO3/c1-8-13(11(17)6-7-12(18)19)9-4-3-5-10(15)14(9)16(8)2/h3-5H,6-7H2,1-2H3,(H,18,19). The van der Waals surface area contributed by atoms with Crippen LogP contribution in [0.15, 0.2) is 18.2 Å². The number of carbonyl (C=O) groups excluding carboxylic acids is 1. The minimum Gasteiger partial charge on any atom is -0.481 e. The minimum absolute atomic E-state index is 0.00179. The molecule has 0 fully saturated rings. The normalized spacial score (nSPS) is 10.9. The van der Waals surface area contributed by atoms with Gasteiger partial charge in [-0.15, -0.1) is 0 Å². The Morgan fingerprint density at radius 2 is 2.00 bits per heavy atom. The van der Waals surface area contributed by atoms with Crippen LogP contribution >= 0.6 is 11.6 Å². The number of halogens is 1. The first kappa shape index (κ1) is 13.6. The van der Waals surface area contributed by atoms with Gasteiger partial charge in [-0.2, -0.15) is 0 Å². The molecule has 19 heavy (non-hydrogen) atoms. The molecular formula is C14H14ClNO3. The topological polar surface area (TPSA) is 59.3 Å². The fourth-order valence-electron chi connectivity index (χ4n) is 2.29. The Balaban J connectivity index is 2.55. The average Bonchev–Trinajstić information content (AvgIpc) is 2.60. The number of nitrogens with zero attached hydrogens (tertiary/aromatic N) is 1. The van der Waals surface area contributed by atoms with E-state index in [2.05, 4.69) is 0 Å². The van der Waals surface area contributed by atoms with Gasteiger partial charge in [0.1, 0.15) is 0 Å². The van der Waals surface area contributed by atoms with Gasteiger partial charge in [-0.3, -0.25) is 9.59 Å². The highest BCUT2D eigenvalue weighted by atomic mass is 35.5. The van der Waals surface area contributed by atoms with Crippen LogP contribution in [0.25, 0.3) is 10.9 Å². The lowest BCUT2D eigenvalue weighted by molar-refractivity contribution is -0.136. The lowest BCUT2D eigenvalue weighted by atomic mass is 10.0. The number of Topliss-reactive ketones (excluding diaryl/α,β-unsaturated/α-hetero) is 1. The Labute approximate surface area is 115 Å². The molecule has 0 aliphatic carbocycles. The zero-order valence-electron chi connectivity index (χ0n) is 10.7. The summed E-state index contributed by atoms with van der Waals surface area (Å²) in [4.78, 5) is 22.8. The molecule has 1 heterocycles. The molecule has 0 bridgehead atoms. The molecule has 0 aliphatic rings. The van der Waals surface area contributed by atoms with E-state index in [9.17, 15) is 9.59 Å². The zero-order chi connectivity index (χ0) is 14.2.